The summed E-state index contributed by atoms with van der Waals surface area (Å²) in [5.74, 6) is -0.686. The molecule has 1 atom stereocenters. The Balaban J connectivity index is 2.38. The molecule has 1 saturated heterocycles. The van der Waals surface area contributed by atoms with Gasteiger partial charge in [-0.2, -0.15) is 0 Å². The number of halogens is 1. The molecule has 1 aromatic carbocycles. The van der Waals surface area contributed by atoms with Gasteiger partial charge in [0.25, 0.3) is 0 Å². The third-order valence-corrected chi connectivity index (χ3v) is 2.63. The molecule has 4 heteroatoms. The Hall–Kier alpha value is -1.29. The highest BCUT2D eigenvalue weighted by molar-refractivity contribution is 5.57. The van der Waals surface area contributed by atoms with Gasteiger partial charge in [0.05, 0.1) is 0 Å². The van der Waals surface area contributed by atoms with Crippen molar-refractivity contribution < 1.29 is 9.50 Å². The Bertz CT molecular complexity index is 348. The second kappa shape index (κ2) is 3.46. The van der Waals surface area contributed by atoms with E-state index in [-0.39, 0.29) is 17.5 Å². The Morgan fingerprint density at radius 3 is 2.93 bits per heavy atom. The third kappa shape index (κ3) is 1.42. The van der Waals surface area contributed by atoms with Crippen molar-refractivity contribution in [2.45, 2.75) is 18.9 Å². The summed E-state index contributed by atoms with van der Waals surface area (Å²) in [5.41, 5.74) is 5.94. The molecule has 0 radical (unpaired) electrons. The number of hydrogen-bond acceptors (Lipinski definition) is 3. The first-order valence-corrected chi connectivity index (χ1v) is 4.70. The van der Waals surface area contributed by atoms with Crippen LogP contribution in [0, 0.1) is 5.82 Å². The first kappa shape index (κ1) is 9.27. The summed E-state index contributed by atoms with van der Waals surface area (Å²) >= 11 is 0. The number of nitrogen functional groups attached to an aromatic ring is 1. The zero-order valence-corrected chi connectivity index (χ0v) is 7.76. The molecule has 3 nitrogen and oxygen atoms in total. The van der Waals surface area contributed by atoms with Crippen LogP contribution in [-0.4, -0.2) is 11.7 Å². The Labute approximate surface area is 81.7 Å². The molecule has 0 bridgehead atoms. The summed E-state index contributed by atoms with van der Waals surface area (Å²) < 4.78 is 12.9. The maximum Gasteiger partial charge on any atom is 0.149 e. The van der Waals surface area contributed by atoms with E-state index >= 15 is 0 Å². The number of rotatable bonds is 1. The molecule has 0 aliphatic carbocycles. The largest absolute Gasteiger partial charge is 0.505 e. The van der Waals surface area contributed by atoms with Gasteiger partial charge in [0, 0.05) is 11.6 Å². The van der Waals surface area contributed by atoms with E-state index in [1.54, 1.807) is 6.07 Å². The average molecular weight is 196 g/mol. The van der Waals surface area contributed by atoms with Crippen LogP contribution in [0.4, 0.5) is 10.1 Å². The van der Waals surface area contributed by atoms with Gasteiger partial charge in [-0.3, -0.25) is 0 Å². The van der Waals surface area contributed by atoms with Crippen LogP contribution >= 0.6 is 0 Å². The van der Waals surface area contributed by atoms with Gasteiger partial charge in [0.2, 0.25) is 0 Å². The van der Waals surface area contributed by atoms with Crippen molar-refractivity contribution in [3.63, 3.8) is 0 Å². The molecule has 1 aliphatic heterocycles. The van der Waals surface area contributed by atoms with Gasteiger partial charge in [-0.15, -0.1) is 0 Å². The second-order valence-electron chi connectivity index (χ2n) is 3.55. The summed E-state index contributed by atoms with van der Waals surface area (Å²) in [6.07, 6.45) is 2.03. The highest BCUT2D eigenvalue weighted by Crippen LogP contribution is 2.35. The van der Waals surface area contributed by atoms with Crippen molar-refractivity contribution in [1.82, 2.24) is 5.32 Å². The maximum atomic E-state index is 12.9. The van der Waals surface area contributed by atoms with Gasteiger partial charge in [-0.1, -0.05) is 6.07 Å². The maximum absolute atomic E-state index is 12.9. The number of hydrogen-bond donors (Lipinski definition) is 3. The SMILES string of the molecule is Nc1c(F)ccc(C2CCCN2)c1O. The Morgan fingerprint density at radius 1 is 1.50 bits per heavy atom. The standard InChI is InChI=1S/C10H13FN2O/c11-7-4-3-6(10(14)9(7)12)8-2-1-5-13-8/h3-4,8,13-14H,1-2,5,12H2. The molecule has 2 rings (SSSR count). The van der Waals surface area contributed by atoms with Gasteiger partial charge in [0.1, 0.15) is 17.3 Å². The van der Waals surface area contributed by atoms with Crippen LogP contribution in [0.25, 0.3) is 0 Å². The fraction of sp³-hybridized carbons (Fsp3) is 0.400. The average Bonchev–Trinajstić information content (AvgIpc) is 2.67. The first-order valence-electron chi connectivity index (χ1n) is 4.70. The van der Waals surface area contributed by atoms with Crippen LogP contribution in [0.15, 0.2) is 12.1 Å². The molecular weight excluding hydrogens is 183 g/mol. The number of benzene rings is 1. The molecule has 0 saturated carbocycles. The van der Waals surface area contributed by atoms with Crippen molar-refractivity contribution in [2.75, 3.05) is 12.3 Å². The fourth-order valence-corrected chi connectivity index (χ4v) is 1.83. The summed E-state index contributed by atoms with van der Waals surface area (Å²) in [5, 5.41) is 12.9. The Kier molecular flexibility index (Phi) is 2.29. The van der Waals surface area contributed by atoms with Crippen LogP contribution in [0.2, 0.25) is 0 Å². The van der Waals surface area contributed by atoms with E-state index in [0.717, 1.165) is 19.4 Å². The number of aromatic hydroxyl groups is 1. The molecule has 1 heterocycles. The highest BCUT2D eigenvalue weighted by Gasteiger charge is 2.21. The number of nitrogens with one attached hydrogen (secondary N) is 1. The summed E-state index contributed by atoms with van der Waals surface area (Å²) in [4.78, 5) is 0. The Morgan fingerprint density at radius 2 is 2.29 bits per heavy atom. The zero-order valence-electron chi connectivity index (χ0n) is 7.76. The second-order valence-corrected chi connectivity index (χ2v) is 3.55. The van der Waals surface area contributed by atoms with Crippen LogP contribution < -0.4 is 11.1 Å². The van der Waals surface area contributed by atoms with Crippen molar-refractivity contribution in [1.29, 1.82) is 0 Å². The van der Waals surface area contributed by atoms with Crippen molar-refractivity contribution >= 4 is 5.69 Å². The predicted octanol–water partition coefficient (Wildman–Crippen LogP) is 1.54. The van der Waals surface area contributed by atoms with E-state index in [0.29, 0.717) is 5.56 Å². The number of nitrogens with two attached hydrogens (primary N) is 1. The third-order valence-electron chi connectivity index (χ3n) is 2.63. The molecule has 0 aromatic heterocycles. The van der Waals surface area contributed by atoms with Crippen LogP contribution in [-0.2, 0) is 0 Å². The fourth-order valence-electron chi connectivity index (χ4n) is 1.83. The lowest BCUT2D eigenvalue weighted by Crippen LogP contribution is -2.13. The molecule has 14 heavy (non-hydrogen) atoms. The molecule has 0 amide bonds. The lowest BCUT2D eigenvalue weighted by atomic mass is 10.0. The highest BCUT2D eigenvalue weighted by atomic mass is 19.1. The van der Waals surface area contributed by atoms with E-state index in [1.807, 2.05) is 0 Å². The van der Waals surface area contributed by atoms with Gasteiger partial charge in [0.15, 0.2) is 0 Å². The molecule has 1 unspecified atom stereocenters. The normalized spacial score (nSPS) is 21.4. The molecular formula is C10H13FN2O. The molecule has 4 N–H and O–H groups in total. The van der Waals surface area contributed by atoms with Crippen molar-refractivity contribution in [2.24, 2.45) is 0 Å². The topological polar surface area (TPSA) is 58.3 Å². The first-order chi connectivity index (χ1) is 6.70. The van der Waals surface area contributed by atoms with Crippen LogP contribution in [0.5, 0.6) is 5.75 Å². The summed E-state index contributed by atoms with van der Waals surface area (Å²) in [6, 6.07) is 2.99. The van der Waals surface area contributed by atoms with Crippen molar-refractivity contribution in [3.8, 4) is 5.75 Å². The lowest BCUT2D eigenvalue weighted by Gasteiger charge is -2.13. The number of phenols is 1. The van der Waals surface area contributed by atoms with Gasteiger partial charge < -0.3 is 16.2 Å². The monoisotopic (exact) mass is 196 g/mol. The molecule has 1 aromatic rings. The van der Waals surface area contributed by atoms with Gasteiger partial charge in [-0.05, 0) is 25.5 Å². The molecule has 0 spiro atoms. The van der Waals surface area contributed by atoms with E-state index in [1.165, 1.54) is 6.07 Å². The lowest BCUT2D eigenvalue weighted by molar-refractivity contribution is 0.454. The molecule has 1 aliphatic rings. The summed E-state index contributed by atoms with van der Waals surface area (Å²) in [7, 11) is 0. The minimum Gasteiger partial charge on any atom is -0.505 e. The van der Waals surface area contributed by atoms with Crippen LogP contribution in [0.1, 0.15) is 24.4 Å². The zero-order chi connectivity index (χ0) is 10.1. The number of phenolic OH excluding ortho intramolecular Hbond substituents is 1. The van der Waals surface area contributed by atoms with E-state index in [2.05, 4.69) is 5.32 Å². The van der Waals surface area contributed by atoms with Crippen molar-refractivity contribution in [3.05, 3.63) is 23.5 Å². The van der Waals surface area contributed by atoms with Crippen LogP contribution in [0.3, 0.4) is 0 Å². The quantitative estimate of drug-likeness (QED) is 0.471. The molecule has 76 valence electrons. The minimum atomic E-state index is -0.566. The number of anilines is 1. The van der Waals surface area contributed by atoms with E-state index in [4.69, 9.17) is 5.73 Å². The van der Waals surface area contributed by atoms with Gasteiger partial charge >= 0.3 is 0 Å². The molecule has 1 fully saturated rings. The predicted molar refractivity (Wildman–Crippen MR) is 52.5 cm³/mol. The summed E-state index contributed by atoms with van der Waals surface area (Å²) in [6.45, 7) is 0.932. The smallest absolute Gasteiger partial charge is 0.149 e. The van der Waals surface area contributed by atoms with E-state index < -0.39 is 5.82 Å². The minimum absolute atomic E-state index is 0.109. The van der Waals surface area contributed by atoms with Gasteiger partial charge in [-0.25, -0.2) is 4.39 Å². The van der Waals surface area contributed by atoms with E-state index in [9.17, 15) is 9.50 Å².